The van der Waals surface area contributed by atoms with Crippen molar-refractivity contribution in [2.45, 2.75) is 6.54 Å². The molecule has 3 aromatic rings. The van der Waals surface area contributed by atoms with Gasteiger partial charge in [0, 0.05) is 28.5 Å². The van der Waals surface area contributed by atoms with Gasteiger partial charge >= 0.3 is 0 Å². The zero-order valence-corrected chi connectivity index (χ0v) is 10.6. The van der Waals surface area contributed by atoms with Crippen molar-refractivity contribution in [3.8, 4) is 0 Å². The SMILES string of the molecule is NCc1cccc(Nc2nccc3sccc23)c1. The van der Waals surface area contributed by atoms with Crippen molar-refractivity contribution < 1.29 is 0 Å². The largest absolute Gasteiger partial charge is 0.340 e. The summed E-state index contributed by atoms with van der Waals surface area (Å²) in [7, 11) is 0. The first kappa shape index (κ1) is 11.2. The van der Waals surface area contributed by atoms with E-state index in [2.05, 4.69) is 21.7 Å². The van der Waals surface area contributed by atoms with E-state index in [1.807, 2.05) is 36.5 Å². The molecular weight excluding hydrogens is 242 g/mol. The molecule has 0 spiro atoms. The van der Waals surface area contributed by atoms with Crippen molar-refractivity contribution in [2.24, 2.45) is 5.73 Å². The molecule has 0 atom stereocenters. The number of fused-ring (bicyclic) bond motifs is 1. The highest BCUT2D eigenvalue weighted by Gasteiger charge is 2.03. The number of nitrogens with two attached hydrogens (primary N) is 1. The van der Waals surface area contributed by atoms with E-state index < -0.39 is 0 Å². The fraction of sp³-hybridized carbons (Fsp3) is 0.0714. The van der Waals surface area contributed by atoms with Crippen molar-refractivity contribution in [1.29, 1.82) is 0 Å². The summed E-state index contributed by atoms with van der Waals surface area (Å²) in [5.74, 6) is 0.892. The van der Waals surface area contributed by atoms with Gasteiger partial charge in [0.2, 0.25) is 0 Å². The van der Waals surface area contributed by atoms with Crippen molar-refractivity contribution >= 4 is 32.9 Å². The Kier molecular flexibility index (Phi) is 2.96. The Labute approximate surface area is 109 Å². The van der Waals surface area contributed by atoms with Crippen LogP contribution in [-0.4, -0.2) is 4.98 Å². The molecule has 0 amide bonds. The molecule has 4 heteroatoms. The van der Waals surface area contributed by atoms with Crippen molar-refractivity contribution in [2.75, 3.05) is 5.32 Å². The number of nitrogens with one attached hydrogen (secondary N) is 1. The maximum atomic E-state index is 5.64. The van der Waals surface area contributed by atoms with Crippen LogP contribution >= 0.6 is 11.3 Å². The summed E-state index contributed by atoms with van der Waals surface area (Å²) in [6, 6.07) is 12.2. The van der Waals surface area contributed by atoms with E-state index in [4.69, 9.17) is 5.73 Å². The van der Waals surface area contributed by atoms with Crippen LogP contribution in [0.25, 0.3) is 10.1 Å². The summed E-state index contributed by atoms with van der Waals surface area (Å²) in [6.07, 6.45) is 1.83. The summed E-state index contributed by atoms with van der Waals surface area (Å²) in [4.78, 5) is 4.39. The number of aromatic nitrogens is 1. The van der Waals surface area contributed by atoms with E-state index in [1.165, 1.54) is 4.70 Å². The monoisotopic (exact) mass is 255 g/mol. The number of thiophene rings is 1. The highest BCUT2D eigenvalue weighted by Crippen LogP contribution is 2.28. The minimum absolute atomic E-state index is 0.547. The number of pyridine rings is 1. The first-order chi connectivity index (χ1) is 8.86. The molecule has 0 fully saturated rings. The summed E-state index contributed by atoms with van der Waals surface area (Å²) < 4.78 is 1.24. The topological polar surface area (TPSA) is 50.9 Å². The van der Waals surface area contributed by atoms with Crippen LogP contribution in [0.2, 0.25) is 0 Å². The highest BCUT2D eigenvalue weighted by atomic mass is 32.1. The summed E-state index contributed by atoms with van der Waals surface area (Å²) in [5.41, 5.74) is 7.77. The predicted octanol–water partition coefficient (Wildman–Crippen LogP) is 3.50. The molecular formula is C14H13N3S. The maximum absolute atomic E-state index is 5.64. The molecule has 2 heterocycles. The summed E-state index contributed by atoms with van der Waals surface area (Å²) in [6.45, 7) is 0.547. The Morgan fingerprint density at radius 1 is 1.22 bits per heavy atom. The molecule has 90 valence electrons. The van der Waals surface area contributed by atoms with Crippen LogP contribution in [-0.2, 0) is 6.54 Å². The van der Waals surface area contributed by atoms with Crippen LogP contribution in [0.4, 0.5) is 11.5 Å². The average Bonchev–Trinajstić information content (AvgIpc) is 2.88. The quantitative estimate of drug-likeness (QED) is 0.753. The fourth-order valence-corrected chi connectivity index (χ4v) is 2.69. The number of hydrogen-bond acceptors (Lipinski definition) is 4. The molecule has 3 N–H and O–H groups in total. The zero-order chi connectivity index (χ0) is 12.4. The van der Waals surface area contributed by atoms with E-state index in [0.717, 1.165) is 22.5 Å². The molecule has 0 bridgehead atoms. The molecule has 0 unspecified atom stereocenters. The molecule has 0 aliphatic rings. The van der Waals surface area contributed by atoms with Gasteiger partial charge in [-0.05, 0) is 35.2 Å². The van der Waals surface area contributed by atoms with Gasteiger partial charge < -0.3 is 11.1 Å². The molecule has 0 aliphatic heterocycles. The molecule has 0 saturated carbocycles. The van der Waals surface area contributed by atoms with E-state index in [-0.39, 0.29) is 0 Å². The van der Waals surface area contributed by atoms with Crippen LogP contribution in [0.15, 0.2) is 48.0 Å². The first-order valence-electron chi connectivity index (χ1n) is 5.75. The Morgan fingerprint density at radius 2 is 2.17 bits per heavy atom. The number of anilines is 2. The van der Waals surface area contributed by atoms with Gasteiger partial charge in [-0.2, -0.15) is 0 Å². The Hall–Kier alpha value is -1.91. The third-order valence-corrected chi connectivity index (χ3v) is 3.69. The van der Waals surface area contributed by atoms with Crippen LogP contribution < -0.4 is 11.1 Å². The summed E-state index contributed by atoms with van der Waals surface area (Å²) >= 11 is 1.72. The minimum atomic E-state index is 0.547. The average molecular weight is 255 g/mol. The predicted molar refractivity (Wildman–Crippen MR) is 77.2 cm³/mol. The van der Waals surface area contributed by atoms with Crippen LogP contribution in [0.1, 0.15) is 5.56 Å². The van der Waals surface area contributed by atoms with Crippen LogP contribution in [0.3, 0.4) is 0 Å². The number of hydrogen-bond donors (Lipinski definition) is 2. The van der Waals surface area contributed by atoms with Gasteiger partial charge in [-0.3, -0.25) is 0 Å². The van der Waals surface area contributed by atoms with Gasteiger partial charge in [0.05, 0.1) is 0 Å². The van der Waals surface area contributed by atoms with Crippen molar-refractivity contribution in [3.05, 3.63) is 53.5 Å². The third-order valence-electron chi connectivity index (χ3n) is 2.81. The molecule has 1 aromatic carbocycles. The van der Waals surface area contributed by atoms with Crippen LogP contribution in [0, 0.1) is 0 Å². The lowest BCUT2D eigenvalue weighted by Crippen LogP contribution is -1.98. The zero-order valence-electron chi connectivity index (χ0n) is 9.76. The molecule has 0 aliphatic carbocycles. The van der Waals surface area contributed by atoms with E-state index in [1.54, 1.807) is 11.3 Å². The lowest BCUT2D eigenvalue weighted by atomic mass is 10.2. The van der Waals surface area contributed by atoms with E-state index in [9.17, 15) is 0 Å². The van der Waals surface area contributed by atoms with Crippen molar-refractivity contribution in [3.63, 3.8) is 0 Å². The smallest absolute Gasteiger partial charge is 0.139 e. The second kappa shape index (κ2) is 4.76. The molecule has 3 nitrogen and oxygen atoms in total. The summed E-state index contributed by atoms with van der Waals surface area (Å²) in [5, 5.41) is 6.58. The minimum Gasteiger partial charge on any atom is -0.340 e. The second-order valence-corrected chi connectivity index (χ2v) is 4.97. The normalized spacial score (nSPS) is 10.7. The van der Waals surface area contributed by atoms with Crippen LogP contribution in [0.5, 0.6) is 0 Å². The molecule has 2 aromatic heterocycles. The first-order valence-corrected chi connectivity index (χ1v) is 6.63. The third kappa shape index (κ3) is 2.08. The lowest BCUT2D eigenvalue weighted by molar-refractivity contribution is 1.07. The van der Waals surface area contributed by atoms with Gasteiger partial charge in [-0.25, -0.2) is 4.98 Å². The van der Waals surface area contributed by atoms with Gasteiger partial charge in [-0.1, -0.05) is 12.1 Å². The second-order valence-electron chi connectivity index (χ2n) is 4.02. The molecule has 0 saturated heterocycles. The lowest BCUT2D eigenvalue weighted by Gasteiger charge is -2.07. The molecule has 3 rings (SSSR count). The number of rotatable bonds is 3. The fourth-order valence-electron chi connectivity index (χ4n) is 1.91. The number of benzene rings is 1. The van der Waals surface area contributed by atoms with E-state index in [0.29, 0.717) is 6.54 Å². The standard InChI is InChI=1S/C14H13N3S/c15-9-10-2-1-3-11(8-10)17-14-12-5-7-18-13(12)4-6-16-14/h1-8H,9,15H2,(H,16,17). The number of nitrogens with zero attached hydrogens (tertiary/aromatic N) is 1. The Morgan fingerprint density at radius 3 is 3.06 bits per heavy atom. The Balaban J connectivity index is 1.98. The van der Waals surface area contributed by atoms with Crippen molar-refractivity contribution in [1.82, 2.24) is 4.98 Å². The van der Waals surface area contributed by atoms with Gasteiger partial charge in [0.15, 0.2) is 0 Å². The highest BCUT2D eigenvalue weighted by molar-refractivity contribution is 7.17. The maximum Gasteiger partial charge on any atom is 0.139 e. The van der Waals surface area contributed by atoms with Gasteiger partial charge in [0.1, 0.15) is 5.82 Å². The van der Waals surface area contributed by atoms with E-state index >= 15 is 0 Å². The molecule has 0 radical (unpaired) electrons. The van der Waals surface area contributed by atoms with Gasteiger partial charge in [0.25, 0.3) is 0 Å². The molecule has 18 heavy (non-hydrogen) atoms. The van der Waals surface area contributed by atoms with Gasteiger partial charge in [-0.15, -0.1) is 11.3 Å². The Bertz CT molecular complexity index is 675.